The van der Waals surface area contributed by atoms with Crippen LogP contribution in [0.25, 0.3) is 0 Å². The number of rotatable bonds is 3. The lowest BCUT2D eigenvalue weighted by molar-refractivity contribution is -0.124. The van der Waals surface area contributed by atoms with Gasteiger partial charge in [-0.1, -0.05) is 12.8 Å². The summed E-state index contributed by atoms with van der Waals surface area (Å²) in [5.41, 5.74) is 0. The summed E-state index contributed by atoms with van der Waals surface area (Å²) in [6.45, 7) is 4.86. The summed E-state index contributed by atoms with van der Waals surface area (Å²) in [6.07, 6.45) is 4.81. The highest BCUT2D eigenvalue weighted by atomic mass is 16.1. The van der Waals surface area contributed by atoms with Crippen LogP contribution in [0.15, 0.2) is 0 Å². The van der Waals surface area contributed by atoms with Crippen molar-refractivity contribution in [3.63, 3.8) is 0 Å². The number of nitrogens with zero attached hydrogens (tertiary/aromatic N) is 1. The molecular formula is C11H20N2O. The number of Topliss-reactive ketones (excluding diaryl/α,β-unsaturated/α-hetero) is 1. The van der Waals surface area contributed by atoms with E-state index in [1.54, 1.807) is 0 Å². The lowest BCUT2D eigenvalue weighted by Gasteiger charge is -2.27. The molecule has 0 unspecified atom stereocenters. The number of ketones is 1. The van der Waals surface area contributed by atoms with Crippen molar-refractivity contribution in [2.45, 2.75) is 25.7 Å². The first kappa shape index (κ1) is 10.1. The van der Waals surface area contributed by atoms with Crippen molar-refractivity contribution in [3.8, 4) is 0 Å². The van der Waals surface area contributed by atoms with E-state index in [-0.39, 0.29) is 0 Å². The molecule has 1 heterocycles. The van der Waals surface area contributed by atoms with Crippen LogP contribution >= 0.6 is 0 Å². The van der Waals surface area contributed by atoms with Crippen LogP contribution in [0.5, 0.6) is 0 Å². The molecule has 0 atom stereocenters. The fraction of sp³-hybridized carbons (Fsp3) is 0.909. The van der Waals surface area contributed by atoms with Gasteiger partial charge in [0, 0.05) is 32.1 Å². The maximum absolute atomic E-state index is 11.9. The average molecular weight is 196 g/mol. The molecule has 14 heavy (non-hydrogen) atoms. The van der Waals surface area contributed by atoms with E-state index in [0.29, 0.717) is 18.2 Å². The highest BCUT2D eigenvalue weighted by Crippen LogP contribution is 2.25. The van der Waals surface area contributed by atoms with Gasteiger partial charge in [-0.25, -0.2) is 0 Å². The van der Waals surface area contributed by atoms with Crippen molar-refractivity contribution < 1.29 is 4.79 Å². The molecule has 3 nitrogen and oxygen atoms in total. The van der Waals surface area contributed by atoms with Crippen molar-refractivity contribution in [2.24, 2.45) is 5.92 Å². The molecule has 1 saturated carbocycles. The Morgan fingerprint density at radius 1 is 1.21 bits per heavy atom. The monoisotopic (exact) mass is 196 g/mol. The van der Waals surface area contributed by atoms with Crippen LogP contribution in [0.3, 0.4) is 0 Å². The van der Waals surface area contributed by atoms with E-state index < -0.39 is 0 Å². The van der Waals surface area contributed by atoms with Crippen LogP contribution in [0.1, 0.15) is 25.7 Å². The smallest absolute Gasteiger partial charge is 0.149 e. The Morgan fingerprint density at radius 2 is 1.86 bits per heavy atom. The average Bonchev–Trinajstić information content (AvgIpc) is 2.72. The molecule has 2 fully saturated rings. The van der Waals surface area contributed by atoms with Gasteiger partial charge in [-0.3, -0.25) is 9.69 Å². The topological polar surface area (TPSA) is 32.3 Å². The van der Waals surface area contributed by atoms with E-state index in [1.165, 1.54) is 12.8 Å². The largest absolute Gasteiger partial charge is 0.314 e. The lowest BCUT2D eigenvalue weighted by Crippen LogP contribution is -2.46. The molecule has 0 aromatic carbocycles. The molecule has 1 aliphatic carbocycles. The Morgan fingerprint density at radius 3 is 2.50 bits per heavy atom. The maximum atomic E-state index is 11.9. The summed E-state index contributed by atoms with van der Waals surface area (Å²) in [5, 5.41) is 3.30. The fourth-order valence-electron chi connectivity index (χ4n) is 2.47. The molecule has 1 aliphatic heterocycles. The molecule has 80 valence electrons. The highest BCUT2D eigenvalue weighted by Gasteiger charge is 2.24. The van der Waals surface area contributed by atoms with Gasteiger partial charge in [0.25, 0.3) is 0 Å². The Kier molecular flexibility index (Phi) is 3.54. The van der Waals surface area contributed by atoms with Crippen molar-refractivity contribution in [3.05, 3.63) is 0 Å². The number of hydrogen-bond acceptors (Lipinski definition) is 3. The molecule has 2 aliphatic rings. The molecule has 1 N–H and O–H groups in total. The standard InChI is InChI=1S/C11H20N2O/c14-11(10-3-1-2-4-10)9-13-7-5-12-6-8-13/h10,12H,1-9H2. The molecule has 2 rings (SSSR count). The molecule has 0 amide bonds. The minimum Gasteiger partial charge on any atom is -0.314 e. The maximum Gasteiger partial charge on any atom is 0.149 e. The van der Waals surface area contributed by atoms with Crippen LogP contribution in [-0.2, 0) is 4.79 Å². The molecule has 0 bridgehead atoms. The second-order valence-corrected chi connectivity index (χ2v) is 4.47. The minimum atomic E-state index is 0.393. The molecule has 0 spiro atoms. The van der Waals surface area contributed by atoms with E-state index in [0.717, 1.165) is 39.0 Å². The van der Waals surface area contributed by atoms with Gasteiger partial charge in [0.15, 0.2) is 0 Å². The Hall–Kier alpha value is -0.410. The van der Waals surface area contributed by atoms with Gasteiger partial charge in [0.2, 0.25) is 0 Å². The molecule has 0 aromatic rings. The highest BCUT2D eigenvalue weighted by molar-refractivity contribution is 5.83. The van der Waals surface area contributed by atoms with E-state index in [4.69, 9.17) is 0 Å². The van der Waals surface area contributed by atoms with Crippen LogP contribution in [0, 0.1) is 5.92 Å². The van der Waals surface area contributed by atoms with E-state index >= 15 is 0 Å². The summed E-state index contributed by atoms with van der Waals surface area (Å²) >= 11 is 0. The SMILES string of the molecule is O=C(CN1CCNCC1)C1CCCC1. The predicted molar refractivity (Wildman–Crippen MR) is 56.3 cm³/mol. The first-order chi connectivity index (χ1) is 6.86. The van der Waals surface area contributed by atoms with E-state index in [1.807, 2.05) is 0 Å². The second kappa shape index (κ2) is 4.89. The number of carbonyl (C=O) groups excluding carboxylic acids is 1. The third-order valence-corrected chi connectivity index (χ3v) is 3.40. The molecule has 0 radical (unpaired) electrons. The molecule has 3 heteroatoms. The zero-order chi connectivity index (χ0) is 9.80. The molecular weight excluding hydrogens is 176 g/mol. The first-order valence-electron chi connectivity index (χ1n) is 5.82. The normalized spacial score (nSPS) is 25.4. The number of hydrogen-bond donors (Lipinski definition) is 1. The summed E-state index contributed by atoms with van der Waals surface area (Å²) < 4.78 is 0. The molecule has 1 saturated heterocycles. The van der Waals surface area contributed by atoms with Gasteiger partial charge in [-0.2, -0.15) is 0 Å². The van der Waals surface area contributed by atoms with Gasteiger partial charge in [0.1, 0.15) is 5.78 Å². The summed E-state index contributed by atoms with van der Waals surface area (Å²) in [5.74, 6) is 0.884. The van der Waals surface area contributed by atoms with Gasteiger partial charge < -0.3 is 5.32 Å². The number of nitrogens with one attached hydrogen (secondary N) is 1. The predicted octanol–water partition coefficient (Wildman–Crippen LogP) is 0.651. The Labute approximate surface area is 85.8 Å². The summed E-state index contributed by atoms with van der Waals surface area (Å²) in [6, 6.07) is 0. The number of carbonyl (C=O) groups is 1. The summed E-state index contributed by atoms with van der Waals surface area (Å²) in [4.78, 5) is 14.1. The van der Waals surface area contributed by atoms with E-state index in [9.17, 15) is 4.79 Å². The van der Waals surface area contributed by atoms with Gasteiger partial charge in [-0.05, 0) is 12.8 Å². The van der Waals surface area contributed by atoms with Gasteiger partial charge in [0.05, 0.1) is 6.54 Å². The minimum absolute atomic E-state index is 0.393. The fourth-order valence-corrected chi connectivity index (χ4v) is 2.47. The quantitative estimate of drug-likeness (QED) is 0.719. The zero-order valence-electron chi connectivity index (χ0n) is 8.80. The van der Waals surface area contributed by atoms with Gasteiger partial charge >= 0.3 is 0 Å². The van der Waals surface area contributed by atoms with Crippen molar-refractivity contribution in [1.82, 2.24) is 10.2 Å². The van der Waals surface area contributed by atoms with Gasteiger partial charge in [-0.15, -0.1) is 0 Å². The number of piperazine rings is 1. The van der Waals surface area contributed by atoms with Crippen molar-refractivity contribution in [1.29, 1.82) is 0 Å². The van der Waals surface area contributed by atoms with Crippen LogP contribution in [-0.4, -0.2) is 43.4 Å². The van der Waals surface area contributed by atoms with Crippen LogP contribution < -0.4 is 5.32 Å². The van der Waals surface area contributed by atoms with Crippen LogP contribution in [0.2, 0.25) is 0 Å². The second-order valence-electron chi connectivity index (χ2n) is 4.47. The zero-order valence-corrected chi connectivity index (χ0v) is 8.80. The third-order valence-electron chi connectivity index (χ3n) is 3.40. The Bertz CT molecular complexity index is 193. The Balaban J connectivity index is 1.75. The van der Waals surface area contributed by atoms with Crippen molar-refractivity contribution in [2.75, 3.05) is 32.7 Å². The lowest BCUT2D eigenvalue weighted by atomic mass is 10.0. The van der Waals surface area contributed by atoms with Crippen LogP contribution in [0.4, 0.5) is 0 Å². The molecule has 0 aromatic heterocycles. The van der Waals surface area contributed by atoms with E-state index in [2.05, 4.69) is 10.2 Å². The first-order valence-corrected chi connectivity index (χ1v) is 5.82. The summed E-state index contributed by atoms with van der Waals surface area (Å²) in [7, 11) is 0. The van der Waals surface area contributed by atoms with Crippen molar-refractivity contribution >= 4 is 5.78 Å². The third kappa shape index (κ3) is 2.55.